The van der Waals surface area contributed by atoms with Crippen LogP contribution in [0.1, 0.15) is 5.56 Å². The molecule has 0 saturated heterocycles. The van der Waals surface area contributed by atoms with E-state index in [1.54, 1.807) is 19.2 Å². The van der Waals surface area contributed by atoms with Crippen LogP contribution in [0.5, 0.6) is 5.75 Å². The lowest BCUT2D eigenvalue weighted by Gasteiger charge is -2.03. The van der Waals surface area contributed by atoms with Gasteiger partial charge in [-0.1, -0.05) is 0 Å². The number of fused-ring (bicyclic) bond motifs is 1. The average Bonchev–Trinajstić information content (AvgIpc) is 2.95. The van der Waals surface area contributed by atoms with E-state index in [9.17, 15) is 18.0 Å². The molecule has 0 aliphatic carbocycles. The fraction of sp³-hybridized carbons (Fsp3) is 0.250. The predicted molar refractivity (Wildman–Crippen MR) is 104 cm³/mol. The molecule has 0 atom stereocenters. The second-order valence-corrected chi connectivity index (χ2v) is 7.67. The highest BCUT2D eigenvalue weighted by Crippen LogP contribution is 2.14. The first-order valence-corrected chi connectivity index (χ1v) is 9.81. The molecule has 1 N–H and O–H groups in total. The van der Waals surface area contributed by atoms with Gasteiger partial charge < -0.3 is 8.75 Å². The molecule has 0 fully saturated rings. The summed E-state index contributed by atoms with van der Waals surface area (Å²) >= 11 is 0. The molecule has 0 bridgehead atoms. The number of nitrogens with zero attached hydrogens (tertiary/aromatic N) is 5. The van der Waals surface area contributed by atoms with Crippen LogP contribution in [0.25, 0.3) is 11.2 Å². The van der Waals surface area contributed by atoms with Gasteiger partial charge in [-0.25, -0.2) is 10.2 Å². The van der Waals surface area contributed by atoms with E-state index in [1.807, 2.05) is 0 Å². The molecule has 0 radical (unpaired) electrons. The van der Waals surface area contributed by atoms with Crippen LogP contribution in [-0.2, 0) is 31.3 Å². The summed E-state index contributed by atoms with van der Waals surface area (Å²) in [6.07, 6.45) is 2.45. The van der Waals surface area contributed by atoms with E-state index in [-0.39, 0.29) is 22.9 Å². The van der Waals surface area contributed by atoms with Gasteiger partial charge in [-0.15, -0.1) is 0 Å². The maximum absolute atomic E-state index is 12.3. The van der Waals surface area contributed by atoms with Gasteiger partial charge in [0.2, 0.25) is 5.95 Å². The first kappa shape index (κ1) is 19.4. The van der Waals surface area contributed by atoms with Gasteiger partial charge in [-0.05, 0) is 29.8 Å². The maximum atomic E-state index is 12.3. The number of hydrogen-bond acceptors (Lipinski definition) is 8. The highest BCUT2D eigenvalue weighted by Gasteiger charge is 2.16. The second-order valence-electron chi connectivity index (χ2n) is 6.10. The van der Waals surface area contributed by atoms with Crippen LogP contribution in [-0.4, -0.2) is 39.6 Å². The Hall–Kier alpha value is -3.41. The third-order valence-electron chi connectivity index (χ3n) is 3.98. The highest BCUT2D eigenvalue weighted by atomic mass is 32.2. The quantitative estimate of drug-likeness (QED) is 0.351. The predicted octanol–water partition coefficient (Wildman–Crippen LogP) is -0.245. The second kappa shape index (κ2) is 6.96. The minimum atomic E-state index is -3.58. The van der Waals surface area contributed by atoms with Crippen molar-refractivity contribution in [1.29, 1.82) is 0 Å². The molecule has 2 heterocycles. The molecule has 11 nitrogen and oxygen atoms in total. The van der Waals surface area contributed by atoms with Gasteiger partial charge >= 0.3 is 15.8 Å². The monoisotopic (exact) mass is 406 g/mol. The Morgan fingerprint density at radius 2 is 1.71 bits per heavy atom. The van der Waals surface area contributed by atoms with E-state index >= 15 is 0 Å². The molecular formula is C16H18N6O5S. The zero-order valence-electron chi connectivity index (χ0n) is 15.6. The summed E-state index contributed by atoms with van der Waals surface area (Å²) in [7, 11) is 0.987. The van der Waals surface area contributed by atoms with Crippen molar-refractivity contribution in [3.05, 3.63) is 50.7 Å². The molecule has 0 aliphatic rings. The number of aryl methyl sites for hydroxylation is 2. The van der Waals surface area contributed by atoms with Gasteiger partial charge in [0.15, 0.2) is 11.2 Å². The van der Waals surface area contributed by atoms with Crippen molar-refractivity contribution in [2.75, 3.05) is 11.7 Å². The van der Waals surface area contributed by atoms with E-state index in [0.717, 1.165) is 10.8 Å². The highest BCUT2D eigenvalue weighted by molar-refractivity contribution is 7.86. The summed E-state index contributed by atoms with van der Waals surface area (Å²) in [4.78, 5) is 28.6. The number of hydrazone groups is 1. The van der Waals surface area contributed by atoms with E-state index in [2.05, 4.69) is 15.5 Å². The number of anilines is 1. The zero-order chi connectivity index (χ0) is 20.6. The van der Waals surface area contributed by atoms with Crippen LogP contribution in [0.4, 0.5) is 5.95 Å². The average molecular weight is 406 g/mol. The lowest BCUT2D eigenvalue weighted by Crippen LogP contribution is -2.37. The Kier molecular flexibility index (Phi) is 4.81. The molecule has 0 unspecified atom stereocenters. The lowest BCUT2D eigenvalue weighted by atomic mass is 10.2. The molecule has 0 saturated carbocycles. The maximum Gasteiger partial charge on any atom is 0.332 e. The van der Waals surface area contributed by atoms with Gasteiger partial charge in [0.05, 0.1) is 12.5 Å². The molecule has 0 amide bonds. The number of imidazole rings is 1. The normalized spacial score (nSPS) is 12.0. The Labute approximate surface area is 159 Å². The number of rotatable bonds is 5. The number of benzene rings is 1. The van der Waals surface area contributed by atoms with Crippen molar-refractivity contribution in [2.24, 2.45) is 26.2 Å². The van der Waals surface area contributed by atoms with E-state index in [0.29, 0.717) is 5.56 Å². The summed E-state index contributed by atoms with van der Waals surface area (Å²) in [5.41, 5.74) is 3.00. The Morgan fingerprint density at radius 1 is 1.07 bits per heavy atom. The number of nitrogens with one attached hydrogen (secondary N) is 1. The van der Waals surface area contributed by atoms with Gasteiger partial charge in [-0.2, -0.15) is 18.5 Å². The SMILES string of the molecule is Cn1c(=O)c2c(nc(NN=Cc3ccc(OS(C)(=O)=O)cc3)n2C)n(C)c1=O. The molecule has 12 heteroatoms. The Balaban J connectivity index is 1.85. The fourth-order valence-electron chi connectivity index (χ4n) is 2.57. The topological polar surface area (TPSA) is 130 Å². The summed E-state index contributed by atoms with van der Waals surface area (Å²) in [6, 6.07) is 6.24. The number of aromatic nitrogens is 4. The minimum Gasteiger partial charge on any atom is -0.383 e. The van der Waals surface area contributed by atoms with Crippen molar-refractivity contribution in [3.8, 4) is 5.75 Å². The van der Waals surface area contributed by atoms with E-state index < -0.39 is 21.4 Å². The van der Waals surface area contributed by atoms with Crippen LogP contribution in [0, 0.1) is 0 Å². The van der Waals surface area contributed by atoms with Crippen molar-refractivity contribution in [1.82, 2.24) is 18.7 Å². The molecule has 3 rings (SSSR count). The van der Waals surface area contributed by atoms with Crippen LogP contribution < -0.4 is 20.9 Å². The standard InChI is InChI=1S/C16H18N6O5S/c1-20-12-13(21(2)16(24)22(3)14(12)23)18-15(20)19-17-9-10-5-7-11(8-6-10)27-28(4,25)26/h5-9H,1-4H3,(H,18,19). The van der Waals surface area contributed by atoms with Gasteiger partial charge in [-0.3, -0.25) is 13.9 Å². The van der Waals surface area contributed by atoms with Crippen LogP contribution in [0.15, 0.2) is 39.0 Å². The summed E-state index contributed by atoms with van der Waals surface area (Å²) < 4.78 is 30.8. The molecule has 28 heavy (non-hydrogen) atoms. The fourth-order valence-corrected chi connectivity index (χ4v) is 3.03. The van der Waals surface area contributed by atoms with Crippen LogP contribution in [0.2, 0.25) is 0 Å². The molecule has 0 aliphatic heterocycles. The van der Waals surface area contributed by atoms with Gasteiger partial charge in [0.25, 0.3) is 5.56 Å². The Morgan fingerprint density at radius 3 is 2.32 bits per heavy atom. The zero-order valence-corrected chi connectivity index (χ0v) is 16.4. The smallest absolute Gasteiger partial charge is 0.332 e. The van der Waals surface area contributed by atoms with Crippen molar-refractivity contribution < 1.29 is 12.6 Å². The summed E-state index contributed by atoms with van der Waals surface area (Å²) in [6.45, 7) is 0. The van der Waals surface area contributed by atoms with Gasteiger partial charge in [0, 0.05) is 21.1 Å². The molecule has 2 aromatic heterocycles. The summed E-state index contributed by atoms with van der Waals surface area (Å²) in [5, 5.41) is 4.06. The summed E-state index contributed by atoms with van der Waals surface area (Å²) in [5.74, 6) is 0.473. The Bertz CT molecular complexity index is 1300. The van der Waals surface area contributed by atoms with E-state index in [1.165, 1.54) is 41.6 Å². The molecular weight excluding hydrogens is 388 g/mol. The first-order chi connectivity index (χ1) is 13.1. The number of hydrogen-bond donors (Lipinski definition) is 1. The molecule has 148 valence electrons. The van der Waals surface area contributed by atoms with Crippen molar-refractivity contribution in [3.63, 3.8) is 0 Å². The van der Waals surface area contributed by atoms with Crippen LogP contribution >= 0.6 is 0 Å². The van der Waals surface area contributed by atoms with Crippen LogP contribution in [0.3, 0.4) is 0 Å². The van der Waals surface area contributed by atoms with Crippen molar-refractivity contribution >= 4 is 33.4 Å². The molecule has 1 aromatic carbocycles. The molecule has 0 spiro atoms. The lowest BCUT2D eigenvalue weighted by molar-refractivity contribution is 0.493. The largest absolute Gasteiger partial charge is 0.383 e. The van der Waals surface area contributed by atoms with E-state index in [4.69, 9.17) is 4.18 Å². The van der Waals surface area contributed by atoms with Crippen molar-refractivity contribution in [2.45, 2.75) is 0 Å². The third-order valence-corrected chi connectivity index (χ3v) is 4.48. The minimum absolute atomic E-state index is 0.194. The molecule has 3 aromatic rings. The third kappa shape index (κ3) is 3.67. The first-order valence-electron chi connectivity index (χ1n) is 7.99. The van der Waals surface area contributed by atoms with Gasteiger partial charge in [0.1, 0.15) is 5.75 Å².